The smallest absolute Gasteiger partial charge is 0.161 e. The molecule has 0 aromatic heterocycles. The molecule has 1 aliphatic heterocycles. The molecule has 1 aliphatic rings. The molecular formula is C27H27ClN2O4. The maximum absolute atomic E-state index is 6.12. The van der Waals surface area contributed by atoms with Crippen molar-refractivity contribution < 1.29 is 18.9 Å². The first-order chi connectivity index (χ1) is 16.6. The number of rotatable bonds is 8. The summed E-state index contributed by atoms with van der Waals surface area (Å²) in [6, 6.07) is 19.5. The third-order valence-electron chi connectivity index (χ3n) is 5.69. The van der Waals surface area contributed by atoms with Gasteiger partial charge in [0.15, 0.2) is 23.0 Å². The zero-order chi connectivity index (χ0) is 24.1. The molecule has 0 radical (unpaired) electrons. The summed E-state index contributed by atoms with van der Waals surface area (Å²) in [7, 11) is 6.53. The molecule has 176 valence electrons. The number of benzene rings is 3. The van der Waals surface area contributed by atoms with Gasteiger partial charge in [-0.3, -0.25) is 5.01 Å². The number of halogens is 1. The van der Waals surface area contributed by atoms with Crippen LogP contribution in [0.5, 0.6) is 23.0 Å². The number of nitrogens with zero attached hydrogens (tertiary/aromatic N) is 2. The first-order valence-corrected chi connectivity index (χ1v) is 11.2. The fourth-order valence-electron chi connectivity index (χ4n) is 3.93. The summed E-state index contributed by atoms with van der Waals surface area (Å²) < 4.78 is 21.7. The van der Waals surface area contributed by atoms with Crippen LogP contribution in [-0.4, -0.2) is 34.2 Å². The Morgan fingerprint density at radius 3 is 2.03 bits per heavy atom. The van der Waals surface area contributed by atoms with Crippen molar-refractivity contribution in [3.05, 3.63) is 82.9 Å². The quantitative estimate of drug-likeness (QED) is 0.375. The first kappa shape index (κ1) is 23.5. The summed E-state index contributed by atoms with van der Waals surface area (Å²) in [6.07, 6.45) is 4.78. The Bertz CT molecular complexity index is 1210. The van der Waals surface area contributed by atoms with E-state index >= 15 is 0 Å². The summed E-state index contributed by atoms with van der Waals surface area (Å²) in [5, 5.41) is 7.63. The van der Waals surface area contributed by atoms with Gasteiger partial charge < -0.3 is 18.9 Å². The van der Waals surface area contributed by atoms with Crippen molar-refractivity contribution in [3.8, 4) is 23.0 Å². The van der Waals surface area contributed by atoms with Crippen LogP contribution in [0.2, 0.25) is 5.02 Å². The highest BCUT2D eigenvalue weighted by atomic mass is 35.5. The maximum Gasteiger partial charge on any atom is 0.161 e. The molecular weight excluding hydrogens is 452 g/mol. The van der Waals surface area contributed by atoms with Crippen LogP contribution in [-0.2, 0) is 0 Å². The van der Waals surface area contributed by atoms with Gasteiger partial charge >= 0.3 is 0 Å². The maximum atomic E-state index is 6.12. The Labute approximate surface area is 205 Å². The molecule has 1 heterocycles. The minimum atomic E-state index is -0.00830. The second-order valence-electron chi connectivity index (χ2n) is 7.69. The Kier molecular flexibility index (Phi) is 7.28. The van der Waals surface area contributed by atoms with Crippen LogP contribution in [0.4, 0.5) is 5.69 Å². The minimum Gasteiger partial charge on any atom is -0.493 e. The van der Waals surface area contributed by atoms with Crippen LogP contribution < -0.4 is 24.0 Å². The fourth-order valence-corrected chi connectivity index (χ4v) is 4.06. The van der Waals surface area contributed by atoms with E-state index in [1.54, 1.807) is 28.4 Å². The highest BCUT2D eigenvalue weighted by Gasteiger charge is 2.29. The molecule has 0 N–H and O–H groups in total. The molecule has 1 atom stereocenters. The zero-order valence-electron chi connectivity index (χ0n) is 19.6. The summed E-state index contributed by atoms with van der Waals surface area (Å²) in [5.41, 5.74) is 3.97. The summed E-state index contributed by atoms with van der Waals surface area (Å²) >= 11 is 6.12. The van der Waals surface area contributed by atoms with Crippen LogP contribution in [0, 0.1) is 0 Å². The van der Waals surface area contributed by atoms with E-state index in [1.807, 2.05) is 77.8 Å². The van der Waals surface area contributed by atoms with Crippen molar-refractivity contribution >= 4 is 29.1 Å². The van der Waals surface area contributed by atoms with Gasteiger partial charge in [0, 0.05) is 11.4 Å². The van der Waals surface area contributed by atoms with E-state index < -0.39 is 0 Å². The van der Waals surface area contributed by atoms with Gasteiger partial charge in [-0.05, 0) is 65.7 Å². The Morgan fingerprint density at radius 1 is 0.765 bits per heavy atom. The molecule has 0 unspecified atom stereocenters. The predicted molar refractivity (Wildman–Crippen MR) is 137 cm³/mol. The number of ether oxygens (including phenoxy) is 4. The van der Waals surface area contributed by atoms with Gasteiger partial charge in [0.05, 0.1) is 45.9 Å². The van der Waals surface area contributed by atoms with Crippen molar-refractivity contribution in [2.24, 2.45) is 5.10 Å². The average Bonchev–Trinajstić information content (AvgIpc) is 3.31. The van der Waals surface area contributed by atoms with Gasteiger partial charge in [0.2, 0.25) is 0 Å². The van der Waals surface area contributed by atoms with Crippen molar-refractivity contribution in [2.45, 2.75) is 12.5 Å². The van der Waals surface area contributed by atoms with Crippen molar-refractivity contribution in [3.63, 3.8) is 0 Å². The second-order valence-corrected chi connectivity index (χ2v) is 8.13. The molecule has 3 aromatic rings. The molecule has 0 fully saturated rings. The fraction of sp³-hybridized carbons (Fsp3) is 0.222. The topological polar surface area (TPSA) is 52.5 Å². The largest absolute Gasteiger partial charge is 0.493 e. The van der Waals surface area contributed by atoms with E-state index in [0.717, 1.165) is 28.9 Å². The molecule has 0 amide bonds. The summed E-state index contributed by atoms with van der Waals surface area (Å²) in [6.45, 7) is 0. The number of allylic oxidation sites excluding steroid dienone is 1. The summed E-state index contributed by atoms with van der Waals surface area (Å²) in [5.74, 6) is 2.76. The lowest BCUT2D eigenvalue weighted by atomic mass is 10.00. The molecule has 0 bridgehead atoms. The predicted octanol–water partition coefficient (Wildman–Crippen LogP) is 6.40. The van der Waals surface area contributed by atoms with Gasteiger partial charge in [0.25, 0.3) is 0 Å². The van der Waals surface area contributed by atoms with Crippen molar-refractivity contribution in [1.29, 1.82) is 0 Å². The SMILES string of the molecule is COc1ccc(/C=C/C2=NN(c3ccc(Cl)cc3)[C@H](c3ccc(OC)c(OC)c3)C2)cc1OC. The van der Waals surface area contributed by atoms with Crippen LogP contribution in [0.15, 0.2) is 71.8 Å². The number of hydrazone groups is 1. The first-order valence-electron chi connectivity index (χ1n) is 10.8. The van der Waals surface area contributed by atoms with Gasteiger partial charge in [-0.25, -0.2) is 0 Å². The van der Waals surface area contributed by atoms with Crippen molar-refractivity contribution in [2.75, 3.05) is 33.4 Å². The monoisotopic (exact) mass is 478 g/mol. The highest BCUT2D eigenvalue weighted by Crippen LogP contribution is 2.39. The Hall–Kier alpha value is -3.64. The Morgan fingerprint density at radius 2 is 1.38 bits per heavy atom. The van der Waals surface area contributed by atoms with E-state index in [-0.39, 0.29) is 6.04 Å². The van der Waals surface area contributed by atoms with E-state index in [4.69, 9.17) is 35.6 Å². The molecule has 6 nitrogen and oxygen atoms in total. The van der Waals surface area contributed by atoms with Gasteiger partial charge in [-0.1, -0.05) is 29.8 Å². The molecule has 7 heteroatoms. The van der Waals surface area contributed by atoms with Crippen LogP contribution >= 0.6 is 11.6 Å². The lowest BCUT2D eigenvalue weighted by Crippen LogP contribution is -2.18. The minimum absolute atomic E-state index is 0.00830. The molecule has 0 saturated heterocycles. The number of methoxy groups -OCH3 is 4. The molecule has 34 heavy (non-hydrogen) atoms. The third-order valence-corrected chi connectivity index (χ3v) is 5.95. The molecule has 0 spiro atoms. The van der Waals surface area contributed by atoms with Crippen molar-refractivity contribution in [1.82, 2.24) is 0 Å². The van der Waals surface area contributed by atoms with E-state index in [0.29, 0.717) is 28.0 Å². The number of hydrogen-bond donors (Lipinski definition) is 0. The number of anilines is 1. The average molecular weight is 479 g/mol. The molecule has 3 aromatic carbocycles. The third kappa shape index (κ3) is 4.97. The van der Waals surface area contributed by atoms with Gasteiger partial charge in [-0.2, -0.15) is 5.10 Å². The standard InChI is InChI=1S/C27H27ClN2O4/c1-31-24-13-6-18(15-26(24)33-3)5-10-21-17-23(19-7-14-25(32-2)27(16-19)34-4)30(29-21)22-11-8-20(28)9-12-22/h5-16,23H,17H2,1-4H3/b10-5+/t23-/m0/s1. The van der Waals surface area contributed by atoms with E-state index in [1.165, 1.54) is 0 Å². The normalized spacial score (nSPS) is 15.4. The van der Waals surface area contributed by atoms with Gasteiger partial charge in [0.1, 0.15) is 0 Å². The summed E-state index contributed by atoms with van der Waals surface area (Å²) in [4.78, 5) is 0. The van der Waals surface area contributed by atoms with E-state index in [2.05, 4.69) is 0 Å². The Balaban J connectivity index is 1.66. The zero-order valence-corrected chi connectivity index (χ0v) is 20.4. The van der Waals surface area contributed by atoms with Crippen LogP contribution in [0.25, 0.3) is 6.08 Å². The molecule has 4 rings (SSSR count). The second kappa shape index (κ2) is 10.5. The molecule has 0 saturated carbocycles. The lowest BCUT2D eigenvalue weighted by Gasteiger charge is -2.24. The lowest BCUT2D eigenvalue weighted by molar-refractivity contribution is 0.354. The number of hydrogen-bond acceptors (Lipinski definition) is 6. The van der Waals surface area contributed by atoms with Gasteiger partial charge in [-0.15, -0.1) is 0 Å². The highest BCUT2D eigenvalue weighted by molar-refractivity contribution is 6.30. The van der Waals surface area contributed by atoms with Crippen LogP contribution in [0.3, 0.4) is 0 Å². The molecule has 0 aliphatic carbocycles. The van der Waals surface area contributed by atoms with E-state index in [9.17, 15) is 0 Å². The van der Waals surface area contributed by atoms with Crippen LogP contribution in [0.1, 0.15) is 23.6 Å².